The molecule has 114 valence electrons. The van der Waals surface area contributed by atoms with Crippen molar-refractivity contribution in [2.24, 2.45) is 22.9 Å². The van der Waals surface area contributed by atoms with Crippen LogP contribution in [0.5, 0.6) is 0 Å². The van der Waals surface area contributed by atoms with Crippen LogP contribution in [0.2, 0.25) is 0 Å². The van der Waals surface area contributed by atoms with Gasteiger partial charge in [-0.2, -0.15) is 0 Å². The normalized spacial score (nSPS) is 35.3. The fraction of sp³-hybridized carbons (Fsp3) is 1.00. The molecule has 4 unspecified atom stereocenters. The Kier molecular flexibility index (Phi) is 13.4. The molecular weight excluding hydrogens is 299 g/mol. The van der Waals surface area contributed by atoms with Crippen molar-refractivity contribution in [2.45, 2.75) is 75.5 Å². The molecule has 0 aliphatic heterocycles. The van der Waals surface area contributed by atoms with Gasteiger partial charge in [0.25, 0.3) is 0 Å². The van der Waals surface area contributed by atoms with Gasteiger partial charge in [-0.1, -0.05) is 25.7 Å². The average Bonchev–Trinajstić information content (AvgIpc) is 2.28. The zero-order valence-corrected chi connectivity index (χ0v) is 12.7. The fourth-order valence-electron chi connectivity index (χ4n) is 2.38. The summed E-state index contributed by atoms with van der Waals surface area (Å²) in [5.74, 6) is 0. The van der Waals surface area contributed by atoms with Crippen molar-refractivity contribution in [3.63, 3.8) is 0 Å². The molecule has 2 aliphatic rings. The quantitative estimate of drug-likeness (QED) is 0.367. The molecule has 2 fully saturated rings. The van der Waals surface area contributed by atoms with E-state index in [-0.39, 0.29) is 53.6 Å². The second-order valence-corrected chi connectivity index (χ2v) is 5.22. The van der Waals surface area contributed by atoms with Crippen LogP contribution in [0.3, 0.4) is 0 Å². The summed E-state index contributed by atoms with van der Waals surface area (Å²) in [6.45, 7) is 0. The van der Waals surface area contributed by atoms with Crippen molar-refractivity contribution in [2.75, 3.05) is 0 Å². The number of hydrogen-bond acceptors (Lipinski definition) is 4. The van der Waals surface area contributed by atoms with E-state index >= 15 is 0 Å². The van der Waals surface area contributed by atoms with E-state index < -0.39 is 0 Å². The van der Waals surface area contributed by atoms with E-state index in [1.54, 1.807) is 0 Å². The van der Waals surface area contributed by atoms with Gasteiger partial charge in [0.1, 0.15) is 0 Å². The summed E-state index contributed by atoms with van der Waals surface area (Å²) in [5.41, 5.74) is 22.6. The first kappa shape index (κ1) is 21.0. The van der Waals surface area contributed by atoms with Crippen molar-refractivity contribution >= 4 is 0 Å². The molecule has 0 aromatic carbocycles. The molecule has 6 heteroatoms. The maximum Gasteiger partial charge on any atom is 1.00 e. The van der Waals surface area contributed by atoms with Crippen molar-refractivity contribution in [1.29, 1.82) is 0 Å². The SMILES string of the molecule is NC1CCCCC1N.NC1CCCCC1N.[Cl-].[Cu+]. The number of hydrogen-bond donors (Lipinski definition) is 4. The number of rotatable bonds is 0. The van der Waals surface area contributed by atoms with Gasteiger partial charge in [0.15, 0.2) is 0 Å². The molecule has 0 heterocycles. The minimum absolute atomic E-state index is 0. The van der Waals surface area contributed by atoms with Gasteiger partial charge in [-0.25, -0.2) is 0 Å². The van der Waals surface area contributed by atoms with Crippen molar-refractivity contribution in [3.8, 4) is 0 Å². The van der Waals surface area contributed by atoms with Crippen LogP contribution in [-0.4, -0.2) is 24.2 Å². The molecule has 2 saturated carbocycles. The summed E-state index contributed by atoms with van der Waals surface area (Å²) in [6.07, 6.45) is 9.60. The molecule has 4 nitrogen and oxygen atoms in total. The van der Waals surface area contributed by atoms with Gasteiger partial charge >= 0.3 is 17.1 Å². The van der Waals surface area contributed by atoms with Gasteiger partial charge in [-0.05, 0) is 25.7 Å². The zero-order valence-electron chi connectivity index (χ0n) is 11.0. The Bertz CT molecular complexity index is 157. The average molecular weight is 327 g/mol. The third kappa shape index (κ3) is 7.95. The second-order valence-electron chi connectivity index (χ2n) is 5.22. The van der Waals surface area contributed by atoms with E-state index in [0.29, 0.717) is 0 Å². The van der Waals surface area contributed by atoms with Crippen LogP contribution < -0.4 is 35.3 Å². The Morgan fingerprint density at radius 1 is 0.500 bits per heavy atom. The van der Waals surface area contributed by atoms with E-state index in [2.05, 4.69) is 0 Å². The first-order valence-corrected chi connectivity index (χ1v) is 6.63. The maximum absolute atomic E-state index is 5.65. The molecule has 0 saturated heterocycles. The molecule has 4 atom stereocenters. The van der Waals surface area contributed by atoms with Gasteiger partial charge in [0.2, 0.25) is 0 Å². The van der Waals surface area contributed by atoms with Crippen LogP contribution in [0.15, 0.2) is 0 Å². The van der Waals surface area contributed by atoms with Gasteiger partial charge in [-0.3, -0.25) is 0 Å². The summed E-state index contributed by atoms with van der Waals surface area (Å²) in [4.78, 5) is 0. The Labute approximate surface area is 128 Å². The predicted octanol–water partition coefficient (Wildman–Crippen LogP) is -2.57. The summed E-state index contributed by atoms with van der Waals surface area (Å²) in [6, 6.07) is 1.12. The van der Waals surface area contributed by atoms with Crippen LogP contribution in [0, 0.1) is 0 Å². The summed E-state index contributed by atoms with van der Waals surface area (Å²) >= 11 is 0. The summed E-state index contributed by atoms with van der Waals surface area (Å²) in [7, 11) is 0. The van der Waals surface area contributed by atoms with Gasteiger partial charge in [-0.15, -0.1) is 0 Å². The van der Waals surface area contributed by atoms with E-state index in [4.69, 9.17) is 22.9 Å². The molecule has 0 aromatic rings. The van der Waals surface area contributed by atoms with E-state index in [9.17, 15) is 0 Å². The first-order valence-electron chi connectivity index (χ1n) is 6.63. The monoisotopic (exact) mass is 326 g/mol. The second kappa shape index (κ2) is 11.5. The third-order valence-electron chi connectivity index (χ3n) is 3.75. The van der Waals surface area contributed by atoms with Crippen LogP contribution in [0.1, 0.15) is 51.4 Å². The molecule has 2 aliphatic carbocycles. The Morgan fingerprint density at radius 3 is 0.778 bits per heavy atom. The van der Waals surface area contributed by atoms with E-state index in [0.717, 1.165) is 25.7 Å². The predicted molar refractivity (Wildman–Crippen MR) is 68.8 cm³/mol. The molecule has 2 rings (SSSR count). The topological polar surface area (TPSA) is 104 Å². The van der Waals surface area contributed by atoms with E-state index in [1.807, 2.05) is 0 Å². The van der Waals surface area contributed by atoms with Crippen molar-refractivity contribution in [3.05, 3.63) is 0 Å². The summed E-state index contributed by atoms with van der Waals surface area (Å²) < 4.78 is 0. The van der Waals surface area contributed by atoms with Crippen molar-refractivity contribution < 1.29 is 29.5 Å². The molecule has 0 amide bonds. The van der Waals surface area contributed by atoms with Crippen LogP contribution in [0.4, 0.5) is 0 Å². The minimum Gasteiger partial charge on any atom is -1.00 e. The first-order chi connectivity index (χ1) is 7.61. The smallest absolute Gasteiger partial charge is 1.00 e. The standard InChI is InChI=1S/2C6H14N2.ClH.Cu/c2*7-5-3-1-2-4-6(5)8;;/h2*5-6H,1-4,7-8H2;1H;/q;;;+1/p-1. The van der Waals surface area contributed by atoms with Gasteiger partial charge < -0.3 is 35.3 Å². The molecular formula is C12H28ClCuN4. The molecule has 0 bridgehead atoms. The van der Waals surface area contributed by atoms with Gasteiger partial charge in [0.05, 0.1) is 0 Å². The molecule has 18 heavy (non-hydrogen) atoms. The zero-order chi connectivity index (χ0) is 12.0. The Morgan fingerprint density at radius 2 is 0.667 bits per heavy atom. The fourth-order valence-corrected chi connectivity index (χ4v) is 2.38. The Balaban J connectivity index is 0. The largest absolute Gasteiger partial charge is 1.00 e. The van der Waals surface area contributed by atoms with Crippen LogP contribution in [-0.2, 0) is 17.1 Å². The molecule has 0 radical (unpaired) electrons. The molecule has 8 N–H and O–H groups in total. The molecule has 0 aromatic heterocycles. The van der Waals surface area contributed by atoms with Crippen LogP contribution in [0.25, 0.3) is 0 Å². The maximum atomic E-state index is 5.65. The number of halogens is 1. The third-order valence-corrected chi connectivity index (χ3v) is 3.75. The summed E-state index contributed by atoms with van der Waals surface area (Å²) in [5, 5.41) is 0. The van der Waals surface area contributed by atoms with Crippen LogP contribution >= 0.6 is 0 Å². The molecule has 0 spiro atoms. The van der Waals surface area contributed by atoms with E-state index in [1.165, 1.54) is 25.7 Å². The minimum atomic E-state index is 0. The van der Waals surface area contributed by atoms with Crippen molar-refractivity contribution in [1.82, 2.24) is 0 Å². The number of nitrogens with two attached hydrogens (primary N) is 4. The van der Waals surface area contributed by atoms with Gasteiger partial charge in [0, 0.05) is 24.2 Å². The Hall–Kier alpha value is 0.649.